The number of imide groups is 1. The van der Waals surface area contributed by atoms with Crippen LogP contribution in [0.1, 0.15) is 13.8 Å². The van der Waals surface area contributed by atoms with Crippen LogP contribution >= 0.6 is 0 Å². The van der Waals surface area contributed by atoms with Crippen LogP contribution in [-0.4, -0.2) is 54.7 Å². The molecule has 0 spiro atoms. The molecule has 0 bridgehead atoms. The van der Waals surface area contributed by atoms with Crippen molar-refractivity contribution in [3.05, 3.63) is 0 Å². The zero-order valence-corrected chi connectivity index (χ0v) is 9.57. The van der Waals surface area contributed by atoms with Gasteiger partial charge in [-0.15, -0.1) is 0 Å². The van der Waals surface area contributed by atoms with E-state index in [-0.39, 0.29) is 0 Å². The summed E-state index contributed by atoms with van der Waals surface area (Å²) in [5.74, 6) is -0.391. The number of urea groups is 1. The van der Waals surface area contributed by atoms with Gasteiger partial charge in [0.2, 0.25) is 5.91 Å². The molecular weight excluding hydrogens is 198 g/mol. The molecule has 0 fully saturated rings. The number of aliphatic hydroxyl groups excluding tert-OH is 1. The number of hydrogen-bond donors (Lipinski definition) is 3. The molecule has 2 atom stereocenters. The van der Waals surface area contributed by atoms with E-state index in [9.17, 15) is 9.59 Å². The van der Waals surface area contributed by atoms with E-state index in [1.165, 1.54) is 7.05 Å². The number of nitrogens with zero attached hydrogens (tertiary/aromatic N) is 1. The van der Waals surface area contributed by atoms with Crippen LogP contribution in [0, 0.1) is 0 Å². The zero-order chi connectivity index (χ0) is 12.0. The van der Waals surface area contributed by atoms with Crippen molar-refractivity contribution in [3.8, 4) is 0 Å². The van der Waals surface area contributed by atoms with Gasteiger partial charge in [0.1, 0.15) is 0 Å². The van der Waals surface area contributed by atoms with Gasteiger partial charge in [0.05, 0.1) is 12.1 Å². The van der Waals surface area contributed by atoms with Gasteiger partial charge in [-0.1, -0.05) is 0 Å². The summed E-state index contributed by atoms with van der Waals surface area (Å²) in [4.78, 5) is 24.0. The first-order valence-corrected chi connectivity index (χ1v) is 4.79. The quantitative estimate of drug-likeness (QED) is 0.572. The first kappa shape index (κ1) is 13.9. The standard InChI is InChI=1S/C9H19N3O3/c1-6(13)5-12(4)7(2)8(14)11-9(15)10-3/h6-7,13H,5H2,1-4H3,(H2,10,11,14,15). The van der Waals surface area contributed by atoms with Gasteiger partial charge < -0.3 is 10.4 Å². The predicted molar refractivity (Wildman–Crippen MR) is 56.4 cm³/mol. The van der Waals surface area contributed by atoms with E-state index in [4.69, 9.17) is 5.11 Å². The van der Waals surface area contributed by atoms with Gasteiger partial charge in [-0.05, 0) is 20.9 Å². The van der Waals surface area contributed by atoms with E-state index in [1.807, 2.05) is 0 Å². The minimum Gasteiger partial charge on any atom is -0.392 e. The number of likely N-dealkylation sites (N-methyl/N-ethyl adjacent to an activating group) is 1. The summed E-state index contributed by atoms with van der Waals surface area (Å²) < 4.78 is 0. The molecule has 0 aromatic rings. The minimum atomic E-state index is -0.530. The highest BCUT2D eigenvalue weighted by atomic mass is 16.3. The Morgan fingerprint density at radius 2 is 1.93 bits per heavy atom. The summed E-state index contributed by atoms with van der Waals surface area (Å²) in [7, 11) is 3.15. The van der Waals surface area contributed by atoms with E-state index < -0.39 is 24.1 Å². The van der Waals surface area contributed by atoms with Gasteiger partial charge in [-0.25, -0.2) is 4.79 Å². The number of carbonyl (C=O) groups excluding carboxylic acids is 2. The second kappa shape index (κ2) is 6.36. The Morgan fingerprint density at radius 3 is 2.33 bits per heavy atom. The first-order valence-electron chi connectivity index (χ1n) is 4.79. The lowest BCUT2D eigenvalue weighted by atomic mass is 10.2. The third-order valence-electron chi connectivity index (χ3n) is 2.06. The van der Waals surface area contributed by atoms with Crippen LogP contribution in [0.15, 0.2) is 0 Å². The van der Waals surface area contributed by atoms with Crippen LogP contribution < -0.4 is 10.6 Å². The lowest BCUT2D eigenvalue weighted by molar-refractivity contribution is -0.124. The number of hydrogen-bond acceptors (Lipinski definition) is 4. The van der Waals surface area contributed by atoms with Crippen LogP contribution in [0.2, 0.25) is 0 Å². The van der Waals surface area contributed by atoms with Crippen molar-refractivity contribution in [2.45, 2.75) is 26.0 Å². The normalized spacial score (nSPS) is 14.5. The maximum absolute atomic E-state index is 11.4. The molecule has 0 rings (SSSR count). The molecule has 88 valence electrons. The molecule has 0 aromatic heterocycles. The maximum atomic E-state index is 11.4. The molecule has 0 aliphatic heterocycles. The van der Waals surface area contributed by atoms with Gasteiger partial charge >= 0.3 is 6.03 Å². The highest BCUT2D eigenvalue weighted by Gasteiger charge is 2.20. The average Bonchev–Trinajstić information content (AvgIpc) is 2.15. The van der Waals surface area contributed by atoms with Crippen molar-refractivity contribution in [3.63, 3.8) is 0 Å². The van der Waals surface area contributed by atoms with Crippen LogP contribution in [0.3, 0.4) is 0 Å². The molecule has 0 saturated carbocycles. The number of carbonyl (C=O) groups is 2. The minimum absolute atomic E-state index is 0.377. The highest BCUT2D eigenvalue weighted by molar-refractivity contribution is 5.96. The monoisotopic (exact) mass is 217 g/mol. The molecule has 0 saturated heterocycles. The molecule has 6 nitrogen and oxygen atoms in total. The predicted octanol–water partition coefficient (Wildman–Crippen LogP) is -0.857. The Bertz CT molecular complexity index is 231. The largest absolute Gasteiger partial charge is 0.392 e. The average molecular weight is 217 g/mol. The van der Waals surface area contributed by atoms with Crippen molar-refractivity contribution in [1.82, 2.24) is 15.5 Å². The summed E-state index contributed by atoms with van der Waals surface area (Å²) in [5, 5.41) is 13.6. The van der Waals surface area contributed by atoms with Gasteiger partial charge in [0.25, 0.3) is 0 Å². The number of amides is 3. The van der Waals surface area contributed by atoms with Gasteiger partial charge in [-0.3, -0.25) is 15.0 Å². The maximum Gasteiger partial charge on any atom is 0.321 e. The highest BCUT2D eigenvalue weighted by Crippen LogP contribution is 1.97. The van der Waals surface area contributed by atoms with E-state index in [0.29, 0.717) is 6.54 Å². The molecule has 0 heterocycles. The summed E-state index contributed by atoms with van der Waals surface area (Å²) in [6, 6.07) is -0.991. The topological polar surface area (TPSA) is 81.7 Å². The SMILES string of the molecule is CNC(=O)NC(=O)C(C)N(C)CC(C)O. The van der Waals surface area contributed by atoms with Crippen molar-refractivity contribution in [2.75, 3.05) is 20.6 Å². The van der Waals surface area contributed by atoms with E-state index in [1.54, 1.807) is 25.8 Å². The first-order chi connectivity index (χ1) is 6.88. The molecule has 3 N–H and O–H groups in total. The molecule has 0 aliphatic rings. The smallest absolute Gasteiger partial charge is 0.321 e. The molecule has 6 heteroatoms. The van der Waals surface area contributed by atoms with E-state index >= 15 is 0 Å². The van der Waals surface area contributed by atoms with Crippen LogP contribution in [0.5, 0.6) is 0 Å². The number of rotatable bonds is 4. The Labute approximate surface area is 89.6 Å². The fraction of sp³-hybridized carbons (Fsp3) is 0.778. The molecule has 15 heavy (non-hydrogen) atoms. The third kappa shape index (κ3) is 5.34. The Hall–Kier alpha value is -1.14. The third-order valence-corrected chi connectivity index (χ3v) is 2.06. The molecule has 0 aromatic carbocycles. The molecule has 0 radical (unpaired) electrons. The number of aliphatic hydroxyl groups is 1. The van der Waals surface area contributed by atoms with E-state index in [2.05, 4.69) is 10.6 Å². The Morgan fingerprint density at radius 1 is 1.40 bits per heavy atom. The summed E-state index contributed by atoms with van der Waals surface area (Å²) in [5.41, 5.74) is 0. The molecule has 3 amide bonds. The van der Waals surface area contributed by atoms with Gasteiger partial charge in [0, 0.05) is 13.6 Å². The summed E-state index contributed by atoms with van der Waals surface area (Å²) >= 11 is 0. The van der Waals surface area contributed by atoms with Crippen LogP contribution in [-0.2, 0) is 4.79 Å². The Balaban J connectivity index is 4.13. The van der Waals surface area contributed by atoms with Crippen molar-refractivity contribution < 1.29 is 14.7 Å². The number of nitrogens with one attached hydrogen (secondary N) is 2. The van der Waals surface area contributed by atoms with Crippen molar-refractivity contribution in [2.24, 2.45) is 0 Å². The van der Waals surface area contributed by atoms with Gasteiger partial charge in [0.15, 0.2) is 0 Å². The summed E-state index contributed by atoms with van der Waals surface area (Å²) in [6.45, 7) is 3.68. The lowest BCUT2D eigenvalue weighted by Gasteiger charge is -2.24. The van der Waals surface area contributed by atoms with Crippen molar-refractivity contribution >= 4 is 11.9 Å². The second-order valence-electron chi connectivity index (χ2n) is 3.53. The van der Waals surface area contributed by atoms with E-state index in [0.717, 1.165) is 0 Å². The molecule has 0 aliphatic carbocycles. The zero-order valence-electron chi connectivity index (χ0n) is 9.57. The van der Waals surface area contributed by atoms with Crippen molar-refractivity contribution in [1.29, 1.82) is 0 Å². The fourth-order valence-electron chi connectivity index (χ4n) is 1.05. The molecular formula is C9H19N3O3. The molecule has 2 unspecified atom stereocenters. The van der Waals surface area contributed by atoms with Crippen LogP contribution in [0.25, 0.3) is 0 Å². The van der Waals surface area contributed by atoms with Crippen LogP contribution in [0.4, 0.5) is 4.79 Å². The second-order valence-corrected chi connectivity index (χ2v) is 3.53. The fourth-order valence-corrected chi connectivity index (χ4v) is 1.05. The van der Waals surface area contributed by atoms with Gasteiger partial charge in [-0.2, -0.15) is 0 Å². The lowest BCUT2D eigenvalue weighted by Crippen LogP contribution is -2.49. The Kier molecular flexibility index (Phi) is 5.88. The summed E-state index contributed by atoms with van der Waals surface area (Å²) in [6.07, 6.45) is -0.509.